The summed E-state index contributed by atoms with van der Waals surface area (Å²) in [7, 11) is 1.91. The Labute approximate surface area is 104 Å². The van der Waals surface area contributed by atoms with Crippen molar-refractivity contribution in [3.63, 3.8) is 0 Å². The zero-order valence-electron chi connectivity index (χ0n) is 11.5. The highest BCUT2D eigenvalue weighted by atomic mass is 16.5. The summed E-state index contributed by atoms with van der Waals surface area (Å²) in [5.74, 6) is 0. The molecule has 0 saturated carbocycles. The summed E-state index contributed by atoms with van der Waals surface area (Å²) in [6, 6.07) is 2.05. The molecule has 0 aliphatic heterocycles. The molecule has 0 saturated heterocycles. The first kappa shape index (κ1) is 14.2. The average molecular weight is 240 g/mol. The Bertz CT molecular complexity index is 358. The smallest absolute Gasteiger partial charge is 0.0887 e. The Morgan fingerprint density at radius 1 is 1.47 bits per heavy atom. The molecule has 98 valence electrons. The lowest BCUT2D eigenvalue weighted by atomic mass is 9.97. The van der Waals surface area contributed by atoms with Gasteiger partial charge in [-0.15, -0.1) is 0 Å². The van der Waals surface area contributed by atoms with Crippen molar-refractivity contribution in [1.29, 1.82) is 0 Å². The molecule has 1 atom stereocenters. The number of nitrogens with zero attached hydrogens (tertiary/aromatic N) is 2. The molecule has 0 spiro atoms. The molecule has 1 rings (SSSR count). The lowest BCUT2D eigenvalue weighted by Gasteiger charge is -2.30. The van der Waals surface area contributed by atoms with Gasteiger partial charge in [0.25, 0.3) is 0 Å². The zero-order valence-corrected chi connectivity index (χ0v) is 11.5. The molecular weight excluding hydrogens is 216 g/mol. The Kier molecular flexibility index (Phi) is 4.71. The fraction of sp³-hybridized carbons (Fsp3) is 0.769. The fourth-order valence-corrected chi connectivity index (χ4v) is 1.85. The number of aromatic nitrogens is 2. The van der Waals surface area contributed by atoms with E-state index < -0.39 is 11.7 Å². The molecule has 1 N–H and O–H groups in total. The molecule has 0 fully saturated rings. The van der Waals surface area contributed by atoms with Crippen LogP contribution in [0, 0.1) is 0 Å². The highest BCUT2D eigenvalue weighted by Gasteiger charge is 2.29. The van der Waals surface area contributed by atoms with Crippen LogP contribution in [0.2, 0.25) is 0 Å². The van der Waals surface area contributed by atoms with Crippen molar-refractivity contribution in [2.75, 3.05) is 6.61 Å². The molecule has 1 unspecified atom stereocenters. The van der Waals surface area contributed by atoms with Crippen molar-refractivity contribution in [3.8, 4) is 0 Å². The van der Waals surface area contributed by atoms with Crippen LogP contribution in [0.5, 0.6) is 0 Å². The van der Waals surface area contributed by atoms with E-state index in [2.05, 4.69) is 12.0 Å². The molecule has 4 heteroatoms. The maximum absolute atomic E-state index is 10.2. The third-order valence-corrected chi connectivity index (χ3v) is 3.11. The van der Waals surface area contributed by atoms with Gasteiger partial charge in [-0.1, -0.05) is 6.92 Å². The van der Waals surface area contributed by atoms with Crippen LogP contribution < -0.4 is 0 Å². The molecule has 1 aromatic heterocycles. The molecule has 1 aromatic rings. The predicted octanol–water partition coefficient (Wildman–Crippen LogP) is 1.70. The minimum Gasteiger partial charge on any atom is -0.390 e. The molecule has 0 aliphatic carbocycles. The number of ether oxygens (including phenoxy) is 1. The Hall–Kier alpha value is -0.870. The SMILES string of the molecule is CCOC(C)(C)C(O)Cc1cc(CC)nn1C. The Balaban J connectivity index is 2.73. The van der Waals surface area contributed by atoms with Crippen molar-refractivity contribution >= 4 is 0 Å². The standard InChI is InChI=1S/C13H24N2O2/c1-6-10-8-11(15(5)14-10)9-12(16)13(3,4)17-7-2/h8,12,16H,6-7,9H2,1-5H3. The van der Waals surface area contributed by atoms with Crippen molar-refractivity contribution in [3.05, 3.63) is 17.5 Å². The monoisotopic (exact) mass is 240 g/mol. The second kappa shape index (κ2) is 5.65. The zero-order chi connectivity index (χ0) is 13.1. The van der Waals surface area contributed by atoms with Crippen molar-refractivity contribution in [2.24, 2.45) is 7.05 Å². The van der Waals surface area contributed by atoms with Crippen LogP contribution in [-0.4, -0.2) is 33.2 Å². The van der Waals surface area contributed by atoms with Crippen LogP contribution in [0.25, 0.3) is 0 Å². The van der Waals surface area contributed by atoms with E-state index in [0.29, 0.717) is 13.0 Å². The maximum Gasteiger partial charge on any atom is 0.0887 e. The van der Waals surface area contributed by atoms with E-state index in [0.717, 1.165) is 17.8 Å². The average Bonchev–Trinajstić information content (AvgIpc) is 2.59. The van der Waals surface area contributed by atoms with Crippen LogP contribution in [0.15, 0.2) is 6.07 Å². The molecule has 0 bridgehead atoms. The first-order chi connectivity index (χ1) is 7.90. The van der Waals surface area contributed by atoms with E-state index >= 15 is 0 Å². The Morgan fingerprint density at radius 3 is 2.59 bits per heavy atom. The van der Waals surface area contributed by atoms with E-state index in [9.17, 15) is 5.11 Å². The third-order valence-electron chi connectivity index (χ3n) is 3.11. The van der Waals surface area contributed by atoms with Gasteiger partial charge in [-0.3, -0.25) is 4.68 Å². The summed E-state index contributed by atoms with van der Waals surface area (Å²) in [5, 5.41) is 14.6. The number of aryl methyl sites for hydroxylation is 2. The van der Waals surface area contributed by atoms with Gasteiger partial charge in [0.15, 0.2) is 0 Å². The van der Waals surface area contributed by atoms with Gasteiger partial charge in [0.1, 0.15) is 0 Å². The van der Waals surface area contributed by atoms with E-state index in [-0.39, 0.29) is 0 Å². The topological polar surface area (TPSA) is 47.3 Å². The normalized spacial score (nSPS) is 14.0. The second-order valence-corrected chi connectivity index (χ2v) is 4.86. The van der Waals surface area contributed by atoms with Crippen LogP contribution >= 0.6 is 0 Å². The summed E-state index contributed by atoms with van der Waals surface area (Å²) >= 11 is 0. The quantitative estimate of drug-likeness (QED) is 0.823. The summed E-state index contributed by atoms with van der Waals surface area (Å²) in [6.45, 7) is 8.45. The molecule has 4 nitrogen and oxygen atoms in total. The highest BCUT2D eigenvalue weighted by Crippen LogP contribution is 2.19. The van der Waals surface area contributed by atoms with E-state index in [1.54, 1.807) is 0 Å². The minimum absolute atomic E-state index is 0.522. The number of aliphatic hydroxyl groups is 1. The third kappa shape index (κ3) is 3.54. The van der Waals surface area contributed by atoms with Gasteiger partial charge >= 0.3 is 0 Å². The van der Waals surface area contributed by atoms with Crippen LogP contribution in [-0.2, 0) is 24.6 Å². The molecule has 17 heavy (non-hydrogen) atoms. The van der Waals surface area contributed by atoms with Crippen molar-refractivity contribution in [1.82, 2.24) is 9.78 Å². The van der Waals surface area contributed by atoms with Crippen molar-refractivity contribution in [2.45, 2.75) is 52.2 Å². The van der Waals surface area contributed by atoms with Gasteiger partial charge in [0.05, 0.1) is 17.4 Å². The van der Waals surface area contributed by atoms with Crippen molar-refractivity contribution < 1.29 is 9.84 Å². The van der Waals surface area contributed by atoms with Crippen LogP contribution in [0.3, 0.4) is 0 Å². The fourth-order valence-electron chi connectivity index (χ4n) is 1.85. The molecule has 0 amide bonds. The van der Waals surface area contributed by atoms with Gasteiger partial charge in [-0.2, -0.15) is 5.10 Å². The maximum atomic E-state index is 10.2. The van der Waals surface area contributed by atoms with Gasteiger partial charge in [0, 0.05) is 25.8 Å². The van der Waals surface area contributed by atoms with Crippen LogP contribution in [0.4, 0.5) is 0 Å². The van der Waals surface area contributed by atoms with E-state index in [1.165, 1.54) is 0 Å². The van der Waals surface area contributed by atoms with Gasteiger partial charge in [0.2, 0.25) is 0 Å². The summed E-state index contributed by atoms with van der Waals surface area (Å²) in [4.78, 5) is 0. The summed E-state index contributed by atoms with van der Waals surface area (Å²) < 4.78 is 7.39. The first-order valence-corrected chi connectivity index (χ1v) is 6.24. The van der Waals surface area contributed by atoms with Gasteiger partial charge < -0.3 is 9.84 Å². The predicted molar refractivity (Wildman–Crippen MR) is 68.0 cm³/mol. The summed E-state index contributed by atoms with van der Waals surface area (Å²) in [6.07, 6.45) is 0.956. The molecular formula is C13H24N2O2. The number of rotatable bonds is 6. The van der Waals surface area contributed by atoms with E-state index in [4.69, 9.17) is 4.74 Å². The number of hydrogen-bond acceptors (Lipinski definition) is 3. The van der Waals surface area contributed by atoms with E-state index in [1.807, 2.05) is 38.6 Å². The number of hydrogen-bond donors (Lipinski definition) is 1. The lowest BCUT2D eigenvalue weighted by Crippen LogP contribution is -2.40. The molecule has 1 heterocycles. The Morgan fingerprint density at radius 2 is 2.12 bits per heavy atom. The van der Waals surface area contributed by atoms with Crippen LogP contribution in [0.1, 0.15) is 39.1 Å². The minimum atomic E-state index is -0.525. The number of aliphatic hydroxyl groups excluding tert-OH is 1. The molecule has 0 aromatic carbocycles. The highest BCUT2D eigenvalue weighted by molar-refractivity contribution is 5.12. The van der Waals surface area contributed by atoms with Gasteiger partial charge in [-0.25, -0.2) is 0 Å². The molecule has 0 radical (unpaired) electrons. The first-order valence-electron chi connectivity index (χ1n) is 6.24. The lowest BCUT2D eigenvalue weighted by molar-refractivity contribution is -0.0960. The second-order valence-electron chi connectivity index (χ2n) is 4.86. The largest absolute Gasteiger partial charge is 0.390 e. The molecule has 0 aliphatic rings. The van der Waals surface area contributed by atoms with Gasteiger partial charge in [-0.05, 0) is 33.3 Å². The summed E-state index contributed by atoms with van der Waals surface area (Å²) in [5.41, 5.74) is 1.58.